The van der Waals surface area contributed by atoms with Crippen LogP contribution < -0.4 is 0 Å². The van der Waals surface area contributed by atoms with E-state index in [2.05, 4.69) is 39.8 Å². The van der Waals surface area contributed by atoms with Gasteiger partial charge in [0.2, 0.25) is 0 Å². The Morgan fingerprint density at radius 1 is 0.962 bits per heavy atom. The first-order valence-electron chi connectivity index (χ1n) is 19.1. The number of aliphatic hydroxyl groups excluding tert-OH is 1. The maximum atomic E-state index is 14.3. The van der Waals surface area contributed by atoms with E-state index in [-0.39, 0.29) is 36.6 Å². The Balaban J connectivity index is 1.39. The predicted octanol–water partition coefficient (Wildman–Crippen LogP) is 5.11. The van der Waals surface area contributed by atoms with Gasteiger partial charge in [-0.15, -0.1) is 0 Å². The molecule has 5 aliphatic heterocycles. The van der Waals surface area contributed by atoms with Crippen molar-refractivity contribution in [3.63, 3.8) is 0 Å². The van der Waals surface area contributed by atoms with Crippen LogP contribution in [0.2, 0.25) is 0 Å². The second kappa shape index (κ2) is 15.9. The van der Waals surface area contributed by atoms with Gasteiger partial charge in [-0.25, -0.2) is 0 Å². The highest BCUT2D eigenvalue weighted by Crippen LogP contribution is 2.47. The van der Waals surface area contributed by atoms with Gasteiger partial charge in [0.1, 0.15) is 35.9 Å². The van der Waals surface area contributed by atoms with Crippen LogP contribution in [0.15, 0.2) is 59.3 Å². The third-order valence-corrected chi connectivity index (χ3v) is 11.9. The SMILES string of the molecule is COC1CC(OC2C(C)=CCC3CC(CC4(C=CC(C)C(C(C)C)O4)O3)OC(=O)C3C=C(C)C(OC)C4OCC(=CC=CC2C)C34O)OC(C)C1O. The highest BCUT2D eigenvalue weighted by molar-refractivity contribution is 5.78. The van der Waals surface area contributed by atoms with Crippen LogP contribution in [0.3, 0.4) is 0 Å². The molecule has 5 heterocycles. The third-order valence-electron chi connectivity index (χ3n) is 11.9. The van der Waals surface area contributed by atoms with Crippen molar-refractivity contribution in [3.05, 3.63) is 59.3 Å². The van der Waals surface area contributed by atoms with E-state index in [0.717, 1.165) is 11.1 Å². The molecule has 15 unspecified atom stereocenters. The number of ether oxygens (including phenoxy) is 8. The van der Waals surface area contributed by atoms with Crippen LogP contribution in [0, 0.1) is 23.7 Å². The van der Waals surface area contributed by atoms with E-state index >= 15 is 0 Å². The average Bonchev–Trinajstić information content (AvgIpc) is 3.43. The van der Waals surface area contributed by atoms with Crippen molar-refractivity contribution < 1.29 is 52.9 Å². The van der Waals surface area contributed by atoms with E-state index in [1.54, 1.807) is 20.3 Å². The zero-order valence-electron chi connectivity index (χ0n) is 32.2. The summed E-state index contributed by atoms with van der Waals surface area (Å²) in [4.78, 5) is 14.3. The van der Waals surface area contributed by atoms with Gasteiger partial charge in [0, 0.05) is 45.3 Å². The molecule has 6 aliphatic rings. The number of esters is 1. The molecule has 290 valence electrons. The predicted molar refractivity (Wildman–Crippen MR) is 193 cm³/mol. The fraction of sp³-hybridized carbons (Fsp3) is 0.732. The van der Waals surface area contributed by atoms with Crippen LogP contribution in [0.25, 0.3) is 0 Å². The summed E-state index contributed by atoms with van der Waals surface area (Å²) >= 11 is 0. The van der Waals surface area contributed by atoms with E-state index in [9.17, 15) is 15.0 Å². The molecule has 0 aromatic heterocycles. The summed E-state index contributed by atoms with van der Waals surface area (Å²) in [5.41, 5.74) is 0.672. The van der Waals surface area contributed by atoms with Crippen molar-refractivity contribution in [2.45, 2.75) is 147 Å². The number of rotatable bonds is 5. The molecule has 6 rings (SSSR count). The maximum Gasteiger partial charge on any atom is 0.316 e. The zero-order chi connectivity index (χ0) is 37.5. The largest absolute Gasteiger partial charge is 0.462 e. The summed E-state index contributed by atoms with van der Waals surface area (Å²) in [6.45, 7) is 14.4. The lowest BCUT2D eigenvalue weighted by molar-refractivity contribution is -0.299. The van der Waals surface area contributed by atoms with Gasteiger partial charge < -0.3 is 48.1 Å². The fourth-order valence-corrected chi connectivity index (χ4v) is 9.04. The van der Waals surface area contributed by atoms with Gasteiger partial charge >= 0.3 is 5.97 Å². The Morgan fingerprint density at radius 3 is 2.44 bits per heavy atom. The van der Waals surface area contributed by atoms with Crippen molar-refractivity contribution in [2.24, 2.45) is 23.7 Å². The molecule has 2 N–H and O–H groups in total. The summed E-state index contributed by atoms with van der Waals surface area (Å²) in [7, 11) is 3.17. The molecule has 11 nitrogen and oxygen atoms in total. The van der Waals surface area contributed by atoms with Crippen LogP contribution in [0.4, 0.5) is 0 Å². The van der Waals surface area contributed by atoms with Crippen molar-refractivity contribution >= 4 is 5.97 Å². The van der Waals surface area contributed by atoms with Crippen LogP contribution in [0.5, 0.6) is 0 Å². The van der Waals surface area contributed by atoms with Crippen LogP contribution in [-0.4, -0.2) is 110 Å². The third kappa shape index (κ3) is 7.68. The molecule has 1 aliphatic carbocycles. The standard InChI is InChI=1S/C41H60O11/c1-22(2)35-25(5)15-16-40(52-35)20-30-18-29(51-40)14-13-24(4)36(50-33-19-32(45-8)34(42)27(7)48-33)23(3)11-10-12-28-21-47-38-37(46-9)26(6)17-31(39(43)49-30)41(28,38)44/h10-13,15-17,22-23,25,27,29-38,42,44H,14,18-21H2,1-9H3. The first kappa shape index (κ1) is 39.5. The number of hydrogen-bond donors (Lipinski definition) is 2. The molecule has 0 amide bonds. The number of carbonyl (C=O) groups excluding carboxylic acids is 1. The van der Waals surface area contributed by atoms with Gasteiger partial charge in [-0.1, -0.05) is 64.2 Å². The fourth-order valence-electron chi connectivity index (χ4n) is 9.04. The molecule has 52 heavy (non-hydrogen) atoms. The summed E-state index contributed by atoms with van der Waals surface area (Å²) in [6, 6.07) is 0. The van der Waals surface area contributed by atoms with E-state index < -0.39 is 72.3 Å². The van der Waals surface area contributed by atoms with Gasteiger partial charge in [0.05, 0.1) is 37.1 Å². The average molecular weight is 729 g/mol. The van der Waals surface area contributed by atoms with Crippen molar-refractivity contribution in [2.75, 3.05) is 20.8 Å². The lowest BCUT2D eigenvalue weighted by atomic mass is 9.70. The second-order valence-corrected chi connectivity index (χ2v) is 16.1. The first-order valence-corrected chi connectivity index (χ1v) is 19.1. The van der Waals surface area contributed by atoms with Crippen LogP contribution >= 0.6 is 0 Å². The lowest BCUT2D eigenvalue weighted by Gasteiger charge is -2.48. The number of methoxy groups -OCH3 is 2. The summed E-state index contributed by atoms with van der Waals surface area (Å²) in [6.07, 6.45) is 10.6. The smallest absolute Gasteiger partial charge is 0.316 e. The summed E-state index contributed by atoms with van der Waals surface area (Å²) < 4.78 is 50.4. The molecule has 11 heteroatoms. The summed E-state index contributed by atoms with van der Waals surface area (Å²) in [5, 5.41) is 23.2. The monoisotopic (exact) mass is 728 g/mol. The Morgan fingerprint density at radius 2 is 1.73 bits per heavy atom. The molecule has 15 atom stereocenters. The topological polar surface area (TPSA) is 131 Å². The molecule has 0 radical (unpaired) electrons. The van der Waals surface area contributed by atoms with Crippen molar-refractivity contribution in [1.82, 2.24) is 0 Å². The van der Waals surface area contributed by atoms with E-state index in [1.165, 1.54) is 0 Å². The molecule has 0 saturated carbocycles. The van der Waals surface area contributed by atoms with Gasteiger partial charge in [0.15, 0.2) is 12.1 Å². The number of hydrogen-bond acceptors (Lipinski definition) is 11. The lowest BCUT2D eigenvalue weighted by Crippen LogP contribution is -2.58. The normalized spacial score (nSPS) is 45.7. The van der Waals surface area contributed by atoms with Gasteiger partial charge in [-0.2, -0.15) is 0 Å². The van der Waals surface area contributed by atoms with Crippen molar-refractivity contribution in [3.8, 4) is 0 Å². The number of allylic oxidation sites excluding steroid dienone is 2. The zero-order valence-corrected chi connectivity index (χ0v) is 32.2. The summed E-state index contributed by atoms with van der Waals surface area (Å²) in [5.74, 6) is -2.29. The van der Waals surface area contributed by atoms with Crippen LogP contribution in [-0.2, 0) is 42.7 Å². The van der Waals surface area contributed by atoms with E-state index in [1.807, 2.05) is 45.1 Å². The number of carbonyl (C=O) groups is 1. The van der Waals surface area contributed by atoms with Gasteiger partial charge in [-0.3, -0.25) is 4.79 Å². The minimum absolute atomic E-state index is 0.0762. The Labute approximate surface area is 309 Å². The maximum absolute atomic E-state index is 14.3. The Kier molecular flexibility index (Phi) is 12.1. The number of aliphatic hydroxyl groups is 2. The molecular formula is C41H60O11. The van der Waals surface area contributed by atoms with Crippen molar-refractivity contribution in [1.29, 1.82) is 0 Å². The highest BCUT2D eigenvalue weighted by Gasteiger charge is 2.60. The Hall–Kier alpha value is -2.19. The van der Waals surface area contributed by atoms with E-state index in [0.29, 0.717) is 31.3 Å². The number of fused-ring (bicyclic) bond motifs is 2. The molecule has 1 spiro atoms. The molecule has 3 fully saturated rings. The quantitative estimate of drug-likeness (QED) is 0.290. The molecule has 3 saturated heterocycles. The minimum Gasteiger partial charge on any atom is -0.462 e. The second-order valence-electron chi connectivity index (χ2n) is 16.1. The molecule has 0 aromatic carbocycles. The van der Waals surface area contributed by atoms with Crippen LogP contribution in [0.1, 0.15) is 74.1 Å². The molecular weight excluding hydrogens is 668 g/mol. The Bertz CT molecular complexity index is 1450. The van der Waals surface area contributed by atoms with Gasteiger partial charge in [-0.05, 0) is 55.9 Å². The molecule has 2 bridgehead atoms. The van der Waals surface area contributed by atoms with E-state index in [4.69, 9.17) is 37.9 Å². The van der Waals surface area contributed by atoms with Gasteiger partial charge in [0.25, 0.3) is 0 Å². The highest BCUT2D eigenvalue weighted by atomic mass is 16.7. The first-order chi connectivity index (χ1) is 24.7. The minimum atomic E-state index is -1.68. The molecule has 0 aromatic rings.